The standard InChI is InChI=1S/C23H21FN5O5P/c24-16-13-25-23(26-14-16)15-1-3-17(4-2-15)33-22-19-6-8-21(18(19)5-7-20(22)29(30)31)34-35(32,27-9-10-27)28-11-12-28/h1-5,7,13-14,21H,6,8-12H2. The van der Waals surface area contributed by atoms with Crippen LogP contribution in [0, 0.1) is 15.9 Å². The SMILES string of the molecule is O=[N+]([O-])c1ccc2c(c1Oc1ccc(-c3ncc(F)cn3)cc1)CCC2OP(=O)(N1CC1)N1CC1. The second-order valence-corrected chi connectivity index (χ2v) is 10.9. The van der Waals surface area contributed by atoms with Crippen LogP contribution in [0.2, 0.25) is 0 Å². The highest BCUT2D eigenvalue weighted by molar-refractivity contribution is 7.54. The van der Waals surface area contributed by atoms with Gasteiger partial charge in [-0.3, -0.25) is 19.2 Å². The van der Waals surface area contributed by atoms with Gasteiger partial charge in [-0.05, 0) is 48.7 Å². The topological polar surface area (TPSA) is 110 Å². The van der Waals surface area contributed by atoms with Crippen molar-refractivity contribution in [2.24, 2.45) is 0 Å². The zero-order valence-electron chi connectivity index (χ0n) is 18.5. The average molecular weight is 497 g/mol. The lowest BCUT2D eigenvalue weighted by Crippen LogP contribution is -2.11. The lowest BCUT2D eigenvalue weighted by atomic mass is 10.1. The van der Waals surface area contributed by atoms with Gasteiger partial charge < -0.3 is 4.74 Å². The van der Waals surface area contributed by atoms with Crippen LogP contribution in [0.3, 0.4) is 0 Å². The van der Waals surface area contributed by atoms with E-state index in [0.717, 1.165) is 44.1 Å². The highest BCUT2D eigenvalue weighted by atomic mass is 31.2. The minimum Gasteiger partial charge on any atom is -0.450 e. The molecule has 0 radical (unpaired) electrons. The Morgan fingerprint density at radius 3 is 2.29 bits per heavy atom. The van der Waals surface area contributed by atoms with Crippen LogP contribution in [0.25, 0.3) is 11.4 Å². The fraction of sp³-hybridized carbons (Fsp3) is 0.304. The van der Waals surface area contributed by atoms with E-state index in [2.05, 4.69) is 9.97 Å². The van der Waals surface area contributed by atoms with E-state index in [4.69, 9.17) is 9.26 Å². The summed E-state index contributed by atoms with van der Waals surface area (Å²) in [4.78, 5) is 19.2. The summed E-state index contributed by atoms with van der Waals surface area (Å²) in [5.74, 6) is 0.390. The molecule has 2 aliphatic heterocycles. The number of halogens is 1. The summed E-state index contributed by atoms with van der Waals surface area (Å²) in [5.41, 5.74) is 1.97. The van der Waals surface area contributed by atoms with Gasteiger partial charge >= 0.3 is 13.4 Å². The van der Waals surface area contributed by atoms with Crippen LogP contribution in [0.15, 0.2) is 48.8 Å². The Kier molecular flexibility index (Phi) is 5.37. The van der Waals surface area contributed by atoms with Crippen LogP contribution in [0.5, 0.6) is 11.5 Å². The first kappa shape index (κ1) is 22.2. The van der Waals surface area contributed by atoms with Gasteiger partial charge in [-0.15, -0.1) is 0 Å². The van der Waals surface area contributed by atoms with E-state index in [1.165, 1.54) is 6.07 Å². The van der Waals surface area contributed by atoms with E-state index in [1.54, 1.807) is 30.3 Å². The van der Waals surface area contributed by atoms with Crippen LogP contribution in [0.1, 0.15) is 23.7 Å². The average Bonchev–Trinajstić information content (AvgIpc) is 3.77. The number of aromatic nitrogens is 2. The van der Waals surface area contributed by atoms with Crippen molar-refractivity contribution in [3.05, 3.63) is 75.9 Å². The maximum Gasteiger partial charge on any atom is 0.346 e. The highest BCUT2D eigenvalue weighted by Crippen LogP contribution is 2.64. The number of ether oxygens (including phenoxy) is 1. The molecule has 0 amide bonds. The molecule has 1 atom stereocenters. The molecule has 3 heterocycles. The largest absolute Gasteiger partial charge is 0.450 e. The van der Waals surface area contributed by atoms with E-state index >= 15 is 0 Å². The predicted molar refractivity (Wildman–Crippen MR) is 123 cm³/mol. The van der Waals surface area contributed by atoms with Gasteiger partial charge in [-0.25, -0.2) is 23.7 Å². The van der Waals surface area contributed by atoms with Gasteiger partial charge in [0.2, 0.25) is 5.75 Å². The molecule has 1 unspecified atom stereocenters. The zero-order valence-corrected chi connectivity index (χ0v) is 19.4. The molecule has 6 rings (SSSR count). The van der Waals surface area contributed by atoms with Gasteiger partial charge in [0.1, 0.15) is 5.75 Å². The van der Waals surface area contributed by atoms with Crippen molar-refractivity contribution in [1.82, 2.24) is 19.3 Å². The molecule has 0 spiro atoms. The Hall–Kier alpha value is -3.24. The third-order valence-electron chi connectivity index (χ3n) is 6.26. The molecule has 2 saturated heterocycles. The minimum atomic E-state index is -3.04. The molecule has 1 aliphatic carbocycles. The summed E-state index contributed by atoms with van der Waals surface area (Å²) in [5, 5.41) is 11.8. The van der Waals surface area contributed by atoms with Gasteiger partial charge in [0.05, 0.1) is 23.4 Å². The number of hydrogen-bond donors (Lipinski definition) is 0. The lowest BCUT2D eigenvalue weighted by molar-refractivity contribution is -0.385. The van der Waals surface area contributed by atoms with Crippen molar-refractivity contribution in [1.29, 1.82) is 0 Å². The third kappa shape index (κ3) is 4.21. The van der Waals surface area contributed by atoms with Gasteiger partial charge in [0.25, 0.3) is 0 Å². The maximum atomic E-state index is 13.5. The minimum absolute atomic E-state index is 0.143. The number of nitro benzene ring substituents is 1. The van der Waals surface area contributed by atoms with Gasteiger partial charge in [0.15, 0.2) is 11.6 Å². The van der Waals surface area contributed by atoms with E-state index in [-0.39, 0.29) is 11.4 Å². The third-order valence-corrected chi connectivity index (χ3v) is 9.01. The van der Waals surface area contributed by atoms with Crippen LogP contribution in [0.4, 0.5) is 10.1 Å². The molecule has 2 fully saturated rings. The van der Waals surface area contributed by atoms with Gasteiger partial charge in [-0.2, -0.15) is 0 Å². The molecule has 0 saturated carbocycles. The fourth-order valence-corrected chi connectivity index (χ4v) is 6.68. The molecule has 0 bridgehead atoms. The summed E-state index contributed by atoms with van der Waals surface area (Å²) >= 11 is 0. The zero-order chi connectivity index (χ0) is 24.2. The van der Waals surface area contributed by atoms with E-state index < -0.39 is 24.5 Å². The Bertz CT molecular complexity index is 1330. The van der Waals surface area contributed by atoms with Crippen LogP contribution >= 0.6 is 7.67 Å². The van der Waals surface area contributed by atoms with Crippen molar-refractivity contribution in [2.75, 3.05) is 26.2 Å². The Labute approximate surface area is 200 Å². The van der Waals surface area contributed by atoms with Gasteiger partial charge in [0, 0.05) is 43.4 Å². The number of benzene rings is 2. The van der Waals surface area contributed by atoms with Crippen LogP contribution in [-0.4, -0.2) is 50.4 Å². The Morgan fingerprint density at radius 1 is 1.03 bits per heavy atom. The molecular weight excluding hydrogens is 476 g/mol. The Morgan fingerprint density at radius 2 is 1.69 bits per heavy atom. The van der Waals surface area contributed by atoms with Crippen molar-refractivity contribution >= 4 is 13.4 Å². The molecule has 3 aliphatic rings. The number of hydrogen-bond acceptors (Lipinski definition) is 7. The van der Waals surface area contributed by atoms with Crippen LogP contribution in [-0.2, 0) is 15.5 Å². The second-order valence-electron chi connectivity index (χ2n) is 8.62. The lowest BCUT2D eigenvalue weighted by Gasteiger charge is -2.24. The number of nitrogens with zero attached hydrogens (tertiary/aromatic N) is 5. The summed E-state index contributed by atoms with van der Waals surface area (Å²) < 4.78 is 42.5. The summed E-state index contributed by atoms with van der Waals surface area (Å²) in [6, 6.07) is 9.81. The first-order chi connectivity index (χ1) is 16.9. The predicted octanol–water partition coefficient (Wildman–Crippen LogP) is 4.73. The fourth-order valence-electron chi connectivity index (χ4n) is 4.31. The molecule has 0 N–H and O–H groups in total. The molecule has 35 heavy (non-hydrogen) atoms. The second kappa shape index (κ2) is 8.46. The van der Waals surface area contributed by atoms with Gasteiger partial charge in [-0.1, -0.05) is 0 Å². The molecule has 2 aromatic carbocycles. The Balaban J connectivity index is 1.29. The number of rotatable bonds is 8. The molecule has 3 aromatic rings. The quantitative estimate of drug-likeness (QED) is 0.189. The first-order valence-electron chi connectivity index (χ1n) is 11.3. The van der Waals surface area contributed by atoms with Crippen molar-refractivity contribution < 1.29 is 23.1 Å². The highest BCUT2D eigenvalue weighted by Gasteiger charge is 2.51. The summed E-state index contributed by atoms with van der Waals surface area (Å²) in [6.07, 6.45) is 2.83. The molecule has 10 nitrogen and oxygen atoms in total. The first-order valence-corrected chi connectivity index (χ1v) is 12.8. The number of nitro groups is 1. The molecule has 180 valence electrons. The van der Waals surface area contributed by atoms with E-state index in [1.807, 2.05) is 9.34 Å². The van der Waals surface area contributed by atoms with Crippen LogP contribution < -0.4 is 4.74 Å². The molecular formula is C23H21FN5O5P. The number of fused-ring (bicyclic) bond motifs is 1. The molecule has 12 heteroatoms. The summed E-state index contributed by atoms with van der Waals surface area (Å²) in [7, 11) is -3.04. The van der Waals surface area contributed by atoms with E-state index in [0.29, 0.717) is 35.5 Å². The van der Waals surface area contributed by atoms with Crippen molar-refractivity contribution in [3.63, 3.8) is 0 Å². The summed E-state index contributed by atoms with van der Waals surface area (Å²) in [6.45, 7) is 3.00. The van der Waals surface area contributed by atoms with Crippen molar-refractivity contribution in [2.45, 2.75) is 18.9 Å². The smallest absolute Gasteiger partial charge is 0.346 e. The maximum absolute atomic E-state index is 13.5. The van der Waals surface area contributed by atoms with Crippen molar-refractivity contribution in [3.8, 4) is 22.9 Å². The van der Waals surface area contributed by atoms with E-state index in [9.17, 15) is 19.1 Å². The monoisotopic (exact) mass is 497 g/mol. The molecule has 1 aromatic heterocycles. The normalized spacial score (nSPS) is 19.4.